The van der Waals surface area contributed by atoms with Gasteiger partial charge in [0.15, 0.2) is 11.5 Å². The second-order valence-electron chi connectivity index (χ2n) is 6.53. The Hall–Kier alpha value is -3.07. The lowest BCUT2D eigenvalue weighted by Gasteiger charge is -2.09. The van der Waals surface area contributed by atoms with Crippen LogP contribution in [0.4, 0.5) is 4.39 Å². The van der Waals surface area contributed by atoms with Gasteiger partial charge in [0.25, 0.3) is 5.56 Å². The zero-order chi connectivity index (χ0) is 18.1. The second kappa shape index (κ2) is 4.98. The number of aromatic nitrogens is 6. The SMILES string of the molecule is COC1(c2cn(-c3ncn4c5ccc(F)cc5c(=O)n(C)c34)nn2)CC1. The van der Waals surface area contributed by atoms with Crippen molar-refractivity contribution in [1.29, 1.82) is 0 Å². The third kappa shape index (κ3) is 1.91. The Morgan fingerprint density at radius 3 is 2.85 bits per heavy atom. The van der Waals surface area contributed by atoms with E-state index in [1.54, 1.807) is 41.8 Å². The first-order valence-electron chi connectivity index (χ1n) is 8.18. The van der Waals surface area contributed by atoms with Gasteiger partial charge in [-0.25, -0.2) is 9.37 Å². The molecular weight excluding hydrogens is 339 g/mol. The zero-order valence-electron chi connectivity index (χ0n) is 14.2. The topological polar surface area (TPSA) is 79.2 Å². The summed E-state index contributed by atoms with van der Waals surface area (Å²) in [5.74, 6) is 0.0194. The van der Waals surface area contributed by atoms with Crippen LogP contribution in [-0.4, -0.2) is 36.1 Å². The molecule has 0 saturated heterocycles. The Labute approximate surface area is 146 Å². The van der Waals surface area contributed by atoms with Crippen LogP contribution in [0.25, 0.3) is 22.4 Å². The highest BCUT2D eigenvalue weighted by Crippen LogP contribution is 2.47. The van der Waals surface area contributed by atoms with E-state index in [0.29, 0.717) is 22.4 Å². The van der Waals surface area contributed by atoms with Crippen molar-refractivity contribution in [1.82, 2.24) is 28.9 Å². The number of nitrogens with zero attached hydrogens (tertiary/aromatic N) is 6. The van der Waals surface area contributed by atoms with Crippen molar-refractivity contribution < 1.29 is 9.13 Å². The monoisotopic (exact) mass is 354 g/mol. The standard InChI is InChI=1S/C17H15FN6O2/c1-22-15-14(24-8-13(20-21-24)17(26-2)5-6-17)19-9-23(15)12-4-3-10(18)7-11(12)16(22)25/h3-4,7-9H,5-6H2,1-2H3. The molecule has 1 aliphatic carbocycles. The van der Waals surface area contributed by atoms with Gasteiger partial charge in [-0.05, 0) is 31.0 Å². The van der Waals surface area contributed by atoms with E-state index in [1.165, 1.54) is 16.7 Å². The first kappa shape index (κ1) is 15.2. The largest absolute Gasteiger partial charge is 0.372 e. The Bertz CT molecular complexity index is 1230. The lowest BCUT2D eigenvalue weighted by molar-refractivity contribution is 0.0751. The van der Waals surface area contributed by atoms with Gasteiger partial charge in [-0.15, -0.1) is 5.10 Å². The van der Waals surface area contributed by atoms with E-state index in [-0.39, 0.29) is 11.2 Å². The van der Waals surface area contributed by atoms with E-state index in [4.69, 9.17) is 4.74 Å². The minimum absolute atomic E-state index is 0.291. The number of imidazole rings is 1. The van der Waals surface area contributed by atoms with E-state index >= 15 is 0 Å². The molecule has 0 radical (unpaired) electrons. The van der Waals surface area contributed by atoms with Crippen LogP contribution in [0.3, 0.4) is 0 Å². The van der Waals surface area contributed by atoms with Crippen molar-refractivity contribution in [3.63, 3.8) is 0 Å². The summed E-state index contributed by atoms with van der Waals surface area (Å²) in [5, 5.41) is 8.67. The summed E-state index contributed by atoms with van der Waals surface area (Å²) < 4.78 is 23.8. The highest BCUT2D eigenvalue weighted by Gasteiger charge is 2.47. The second-order valence-corrected chi connectivity index (χ2v) is 6.53. The van der Waals surface area contributed by atoms with Crippen molar-refractivity contribution >= 4 is 16.6 Å². The van der Waals surface area contributed by atoms with Crippen LogP contribution in [-0.2, 0) is 17.4 Å². The molecule has 1 aromatic carbocycles. The molecule has 8 nitrogen and oxygen atoms in total. The van der Waals surface area contributed by atoms with Gasteiger partial charge in [-0.1, -0.05) is 5.21 Å². The van der Waals surface area contributed by atoms with Gasteiger partial charge in [-0.2, -0.15) is 4.68 Å². The minimum Gasteiger partial charge on any atom is -0.372 e. The molecule has 3 heterocycles. The molecule has 5 rings (SSSR count). The number of hydrogen-bond donors (Lipinski definition) is 0. The van der Waals surface area contributed by atoms with Gasteiger partial charge in [-0.3, -0.25) is 13.8 Å². The molecule has 3 aromatic heterocycles. The molecule has 0 spiro atoms. The average molecular weight is 354 g/mol. The summed E-state index contributed by atoms with van der Waals surface area (Å²) >= 11 is 0. The highest BCUT2D eigenvalue weighted by molar-refractivity contribution is 5.82. The first-order chi connectivity index (χ1) is 12.5. The molecule has 1 aliphatic rings. The van der Waals surface area contributed by atoms with Crippen LogP contribution < -0.4 is 5.56 Å². The van der Waals surface area contributed by atoms with Crippen molar-refractivity contribution in [2.75, 3.05) is 7.11 Å². The predicted molar refractivity (Wildman–Crippen MR) is 90.7 cm³/mol. The Morgan fingerprint density at radius 2 is 2.12 bits per heavy atom. The number of fused-ring (bicyclic) bond motifs is 3. The van der Waals surface area contributed by atoms with Gasteiger partial charge in [0.05, 0.1) is 17.1 Å². The van der Waals surface area contributed by atoms with Crippen LogP contribution in [0, 0.1) is 5.82 Å². The molecule has 0 N–H and O–H groups in total. The number of aryl methyl sites for hydroxylation is 1. The molecule has 0 amide bonds. The number of methoxy groups -OCH3 is 1. The Morgan fingerprint density at radius 1 is 1.31 bits per heavy atom. The van der Waals surface area contributed by atoms with Crippen LogP contribution >= 0.6 is 0 Å². The van der Waals surface area contributed by atoms with Crippen LogP contribution in [0.15, 0.2) is 35.5 Å². The van der Waals surface area contributed by atoms with E-state index < -0.39 is 5.82 Å². The van der Waals surface area contributed by atoms with Gasteiger partial charge in [0.2, 0.25) is 0 Å². The van der Waals surface area contributed by atoms with Gasteiger partial charge < -0.3 is 4.74 Å². The number of halogens is 1. The molecule has 1 saturated carbocycles. The average Bonchev–Trinajstić information content (AvgIpc) is 3.07. The number of benzene rings is 1. The van der Waals surface area contributed by atoms with Crippen molar-refractivity contribution in [2.24, 2.45) is 7.05 Å². The lowest BCUT2D eigenvalue weighted by Crippen LogP contribution is -2.20. The number of ether oxygens (including phenoxy) is 1. The third-order valence-corrected chi connectivity index (χ3v) is 5.07. The fourth-order valence-corrected chi connectivity index (χ4v) is 3.40. The summed E-state index contributed by atoms with van der Waals surface area (Å²) in [5.41, 5.74) is 1.22. The van der Waals surface area contributed by atoms with E-state index in [1.807, 2.05) is 0 Å². The smallest absolute Gasteiger partial charge is 0.261 e. The summed E-state index contributed by atoms with van der Waals surface area (Å²) in [4.78, 5) is 17.1. The molecule has 0 atom stereocenters. The van der Waals surface area contributed by atoms with Gasteiger partial charge >= 0.3 is 0 Å². The molecule has 26 heavy (non-hydrogen) atoms. The molecule has 0 aliphatic heterocycles. The number of hydrogen-bond acceptors (Lipinski definition) is 5. The molecule has 9 heteroatoms. The zero-order valence-corrected chi connectivity index (χ0v) is 14.2. The molecule has 0 unspecified atom stereocenters. The van der Waals surface area contributed by atoms with E-state index in [0.717, 1.165) is 18.5 Å². The predicted octanol–water partition coefficient (Wildman–Crippen LogP) is 1.54. The first-order valence-corrected chi connectivity index (χ1v) is 8.18. The van der Waals surface area contributed by atoms with Crippen LogP contribution in [0.2, 0.25) is 0 Å². The fourth-order valence-electron chi connectivity index (χ4n) is 3.40. The highest BCUT2D eigenvalue weighted by atomic mass is 19.1. The van der Waals surface area contributed by atoms with Crippen molar-refractivity contribution in [3.05, 3.63) is 52.6 Å². The van der Waals surface area contributed by atoms with Gasteiger partial charge in [0, 0.05) is 14.2 Å². The molecule has 1 fully saturated rings. The van der Waals surface area contributed by atoms with E-state index in [2.05, 4.69) is 15.3 Å². The fraction of sp³-hybridized carbons (Fsp3) is 0.294. The Balaban J connectivity index is 1.77. The summed E-state index contributed by atoms with van der Waals surface area (Å²) in [6.07, 6.45) is 5.18. The van der Waals surface area contributed by atoms with Crippen molar-refractivity contribution in [3.8, 4) is 5.82 Å². The lowest BCUT2D eigenvalue weighted by atomic mass is 10.2. The third-order valence-electron chi connectivity index (χ3n) is 5.07. The molecule has 0 bridgehead atoms. The molecular formula is C17H15FN6O2. The molecule has 132 valence electrons. The van der Waals surface area contributed by atoms with Crippen LogP contribution in [0.1, 0.15) is 18.5 Å². The summed E-state index contributed by atoms with van der Waals surface area (Å²) in [6.45, 7) is 0. The Kier molecular flexibility index (Phi) is 2.91. The molecule has 4 aromatic rings. The number of rotatable bonds is 3. The minimum atomic E-state index is -0.454. The van der Waals surface area contributed by atoms with E-state index in [9.17, 15) is 9.18 Å². The maximum Gasteiger partial charge on any atom is 0.261 e. The van der Waals surface area contributed by atoms with Gasteiger partial charge in [0.1, 0.15) is 23.4 Å². The maximum absolute atomic E-state index is 13.6. The van der Waals surface area contributed by atoms with Crippen LogP contribution in [0.5, 0.6) is 0 Å². The summed E-state index contributed by atoms with van der Waals surface area (Å²) in [6, 6.07) is 4.13. The normalized spacial score (nSPS) is 15.8. The maximum atomic E-state index is 13.6. The quantitative estimate of drug-likeness (QED) is 0.558. The summed E-state index contributed by atoms with van der Waals surface area (Å²) in [7, 11) is 3.29. The van der Waals surface area contributed by atoms with Crippen molar-refractivity contribution in [2.45, 2.75) is 18.4 Å².